The van der Waals surface area contributed by atoms with Crippen LogP contribution in [0, 0.1) is 0 Å². The normalized spacial score (nSPS) is 27.1. The van der Waals surface area contributed by atoms with Gasteiger partial charge < -0.3 is 10.4 Å². The topological polar surface area (TPSA) is 32.3 Å². The summed E-state index contributed by atoms with van der Waals surface area (Å²) in [6.45, 7) is 7.15. The fourth-order valence-electron chi connectivity index (χ4n) is 2.92. The Bertz CT molecular complexity index is 312. The van der Waals surface area contributed by atoms with Gasteiger partial charge in [0.25, 0.3) is 0 Å². The van der Waals surface area contributed by atoms with E-state index in [0.717, 1.165) is 13.0 Å². The van der Waals surface area contributed by atoms with Gasteiger partial charge in [0.05, 0.1) is 12.7 Å². The summed E-state index contributed by atoms with van der Waals surface area (Å²) in [5, 5.41) is 13.4. The lowest BCUT2D eigenvalue weighted by molar-refractivity contribution is -0.935. The van der Waals surface area contributed by atoms with E-state index in [2.05, 4.69) is 37.5 Å². The SMILES string of the molecule is CCCCCCCC/C=C/C1NC=C[N+]1(CC)C(C)O. The molecule has 1 rings (SSSR count). The molecule has 0 aliphatic carbocycles. The van der Waals surface area contributed by atoms with Crippen LogP contribution in [0.3, 0.4) is 0 Å². The van der Waals surface area contributed by atoms with Crippen molar-refractivity contribution in [1.29, 1.82) is 0 Å². The van der Waals surface area contributed by atoms with Crippen LogP contribution in [0.2, 0.25) is 0 Å². The van der Waals surface area contributed by atoms with Gasteiger partial charge in [-0.1, -0.05) is 45.1 Å². The first-order valence-corrected chi connectivity index (χ1v) is 8.33. The van der Waals surface area contributed by atoms with E-state index in [4.69, 9.17) is 0 Å². The molecule has 3 atom stereocenters. The molecular weight excluding hydrogens is 248 g/mol. The van der Waals surface area contributed by atoms with Crippen molar-refractivity contribution in [3.05, 3.63) is 24.6 Å². The number of allylic oxidation sites excluding steroid dienone is 1. The quantitative estimate of drug-likeness (QED) is 0.362. The van der Waals surface area contributed by atoms with E-state index in [9.17, 15) is 5.11 Å². The maximum atomic E-state index is 10.0. The van der Waals surface area contributed by atoms with Gasteiger partial charge >= 0.3 is 0 Å². The van der Waals surface area contributed by atoms with Gasteiger partial charge in [-0.2, -0.15) is 0 Å². The molecule has 3 unspecified atom stereocenters. The van der Waals surface area contributed by atoms with Gasteiger partial charge in [0.2, 0.25) is 0 Å². The molecule has 0 amide bonds. The molecule has 2 N–H and O–H groups in total. The molecule has 0 aromatic heterocycles. The number of aliphatic hydroxyl groups excluding tert-OH is 1. The predicted octanol–water partition coefficient (Wildman–Crippen LogP) is 3.87. The molecule has 0 radical (unpaired) electrons. The summed E-state index contributed by atoms with van der Waals surface area (Å²) in [6, 6.07) is 0. The molecule has 1 heterocycles. The van der Waals surface area contributed by atoms with Crippen molar-refractivity contribution in [2.75, 3.05) is 6.54 Å². The number of rotatable bonds is 10. The van der Waals surface area contributed by atoms with Crippen molar-refractivity contribution < 1.29 is 9.59 Å². The van der Waals surface area contributed by atoms with Gasteiger partial charge in [-0.25, -0.2) is 4.48 Å². The number of hydrogen-bond acceptors (Lipinski definition) is 2. The molecule has 0 fully saturated rings. The van der Waals surface area contributed by atoms with Crippen molar-refractivity contribution in [3.8, 4) is 0 Å². The standard InChI is InChI=1S/C17H33N2O/c1-4-6-7-8-9-10-11-12-13-17-18-14-15-19(17,5-2)16(3)20/h12-18,20H,4-11H2,1-3H3/q+1/b13-12+. The Morgan fingerprint density at radius 3 is 2.55 bits per heavy atom. The number of likely N-dealkylation sites (N-methyl/N-ethyl adjacent to an activating group) is 1. The average Bonchev–Trinajstić information content (AvgIpc) is 2.86. The molecule has 0 aromatic rings. The highest BCUT2D eigenvalue weighted by atomic mass is 16.3. The van der Waals surface area contributed by atoms with E-state index in [1.54, 1.807) is 0 Å². The number of hydrogen-bond donors (Lipinski definition) is 2. The lowest BCUT2D eigenvalue weighted by Gasteiger charge is -2.37. The molecule has 20 heavy (non-hydrogen) atoms. The van der Waals surface area contributed by atoms with E-state index < -0.39 is 0 Å². The zero-order valence-electron chi connectivity index (χ0n) is 13.5. The van der Waals surface area contributed by atoms with Gasteiger partial charge in [-0.15, -0.1) is 0 Å². The Morgan fingerprint density at radius 2 is 1.90 bits per heavy atom. The summed E-state index contributed by atoms with van der Waals surface area (Å²) in [4.78, 5) is 0. The lowest BCUT2D eigenvalue weighted by Crippen LogP contribution is -2.56. The highest BCUT2D eigenvalue weighted by molar-refractivity contribution is 4.97. The fourth-order valence-corrected chi connectivity index (χ4v) is 2.92. The van der Waals surface area contributed by atoms with Gasteiger partial charge in [0, 0.05) is 6.92 Å². The minimum absolute atomic E-state index is 0.181. The molecule has 1 aliphatic heterocycles. The van der Waals surface area contributed by atoms with E-state index in [1.807, 2.05) is 13.1 Å². The molecule has 1 aliphatic rings. The van der Waals surface area contributed by atoms with Crippen LogP contribution in [-0.4, -0.2) is 28.5 Å². The first kappa shape index (κ1) is 17.3. The van der Waals surface area contributed by atoms with E-state index >= 15 is 0 Å². The van der Waals surface area contributed by atoms with Crippen molar-refractivity contribution in [1.82, 2.24) is 5.32 Å². The minimum atomic E-state index is -0.380. The van der Waals surface area contributed by atoms with Crippen LogP contribution >= 0.6 is 0 Å². The Labute approximate surface area is 125 Å². The Morgan fingerprint density at radius 1 is 1.20 bits per heavy atom. The number of nitrogens with one attached hydrogen (secondary N) is 1. The van der Waals surface area contributed by atoms with Crippen LogP contribution in [0.25, 0.3) is 0 Å². The van der Waals surface area contributed by atoms with E-state index in [0.29, 0.717) is 4.48 Å². The molecular formula is C17H33N2O+. The third-order valence-electron chi connectivity index (χ3n) is 4.42. The highest BCUT2D eigenvalue weighted by Gasteiger charge is 2.39. The van der Waals surface area contributed by atoms with Crippen LogP contribution in [-0.2, 0) is 0 Å². The number of nitrogens with zero attached hydrogens (tertiary/aromatic N) is 1. The van der Waals surface area contributed by atoms with Crippen LogP contribution in [0.4, 0.5) is 0 Å². The van der Waals surface area contributed by atoms with Crippen LogP contribution in [0.5, 0.6) is 0 Å². The fraction of sp³-hybridized carbons (Fsp3) is 0.765. The summed E-state index contributed by atoms with van der Waals surface area (Å²) in [6.07, 6.45) is 17.5. The zero-order valence-corrected chi connectivity index (χ0v) is 13.5. The monoisotopic (exact) mass is 281 g/mol. The summed E-state index contributed by atoms with van der Waals surface area (Å²) in [5.41, 5.74) is 0. The highest BCUT2D eigenvalue weighted by Crippen LogP contribution is 2.23. The van der Waals surface area contributed by atoms with Crippen molar-refractivity contribution >= 4 is 0 Å². The van der Waals surface area contributed by atoms with E-state index in [1.165, 1.54) is 38.5 Å². The Hall–Kier alpha value is -0.800. The maximum absolute atomic E-state index is 10.0. The molecule has 0 saturated carbocycles. The summed E-state index contributed by atoms with van der Waals surface area (Å²) < 4.78 is 0.590. The number of quaternary nitrogens is 1. The van der Waals surface area contributed by atoms with Crippen molar-refractivity contribution in [3.63, 3.8) is 0 Å². The van der Waals surface area contributed by atoms with Crippen molar-refractivity contribution in [2.24, 2.45) is 0 Å². The number of unbranched alkanes of at least 4 members (excludes halogenated alkanes) is 6. The van der Waals surface area contributed by atoms with Gasteiger partial charge in [0.1, 0.15) is 6.20 Å². The summed E-state index contributed by atoms with van der Waals surface area (Å²) >= 11 is 0. The molecule has 0 saturated heterocycles. The molecule has 0 spiro atoms. The third kappa shape index (κ3) is 4.64. The first-order valence-electron chi connectivity index (χ1n) is 8.33. The summed E-state index contributed by atoms with van der Waals surface area (Å²) in [7, 11) is 0. The van der Waals surface area contributed by atoms with Gasteiger partial charge in [-0.3, -0.25) is 0 Å². The minimum Gasteiger partial charge on any atom is -0.345 e. The second-order valence-electron chi connectivity index (χ2n) is 5.85. The summed E-state index contributed by atoms with van der Waals surface area (Å²) in [5.74, 6) is 0. The maximum Gasteiger partial charge on any atom is 0.193 e. The first-order chi connectivity index (χ1) is 9.67. The van der Waals surface area contributed by atoms with Gasteiger partial charge in [0.15, 0.2) is 12.4 Å². The second kappa shape index (κ2) is 9.19. The number of aliphatic hydroxyl groups is 1. The Kier molecular flexibility index (Phi) is 7.93. The predicted molar refractivity (Wildman–Crippen MR) is 85.7 cm³/mol. The Balaban J connectivity index is 2.28. The largest absolute Gasteiger partial charge is 0.345 e. The van der Waals surface area contributed by atoms with Gasteiger partial charge in [-0.05, 0) is 25.8 Å². The van der Waals surface area contributed by atoms with Crippen LogP contribution in [0.1, 0.15) is 65.7 Å². The van der Waals surface area contributed by atoms with E-state index in [-0.39, 0.29) is 12.4 Å². The van der Waals surface area contributed by atoms with Crippen molar-refractivity contribution in [2.45, 2.75) is 78.1 Å². The van der Waals surface area contributed by atoms with Crippen LogP contribution < -0.4 is 5.32 Å². The smallest absolute Gasteiger partial charge is 0.193 e. The molecule has 0 aromatic carbocycles. The average molecular weight is 281 g/mol. The van der Waals surface area contributed by atoms with Crippen LogP contribution in [0.15, 0.2) is 24.6 Å². The lowest BCUT2D eigenvalue weighted by atomic mass is 10.1. The molecule has 116 valence electrons. The molecule has 3 heteroatoms. The zero-order chi connectivity index (χ0) is 14.8. The molecule has 0 bridgehead atoms. The molecule has 3 nitrogen and oxygen atoms in total. The second-order valence-corrected chi connectivity index (χ2v) is 5.85. The third-order valence-corrected chi connectivity index (χ3v) is 4.42.